The molecule has 1 saturated heterocycles. The molecule has 0 bridgehead atoms. The number of hydrogen-bond donors (Lipinski definition) is 3. The molecule has 4 aliphatic rings. The second-order valence-electron chi connectivity index (χ2n) is 9.15. The van der Waals surface area contributed by atoms with Crippen LogP contribution in [-0.4, -0.2) is 54.2 Å². The van der Waals surface area contributed by atoms with Gasteiger partial charge in [0, 0.05) is 48.6 Å². The minimum Gasteiger partial charge on any atom is -0.495 e. The highest BCUT2D eigenvalue weighted by Crippen LogP contribution is 2.31. The molecule has 2 fully saturated rings. The van der Waals surface area contributed by atoms with Gasteiger partial charge >= 0.3 is 0 Å². The summed E-state index contributed by atoms with van der Waals surface area (Å²) in [6.45, 7) is 9.33. The highest BCUT2D eigenvalue weighted by Gasteiger charge is 2.28. The fourth-order valence-electron chi connectivity index (χ4n) is 4.03. The Balaban J connectivity index is 0.00000116. The summed E-state index contributed by atoms with van der Waals surface area (Å²) in [4.78, 5) is 17.8. The standard InChI is InChI=1S/C27H27F2N5O3S.2C2H6/c1-36-23-15-31-22(25(28)29)13-20(23)19-12-18(6-4-17-8-10-37-11-9-17)30-14-21(19)26(35)32-27-34-33-24(38-27)7-5-16-2-3-16;2*1-2/h12-17,22,24-25,31,33H,2-3,8-11H2,1H3,(H,32,34,35);2*1-2H3. The lowest BCUT2D eigenvalue weighted by Crippen LogP contribution is -2.33. The Bertz CT molecular complexity index is 1300. The summed E-state index contributed by atoms with van der Waals surface area (Å²) in [6.07, 6.45) is 5.41. The maximum absolute atomic E-state index is 13.6. The van der Waals surface area contributed by atoms with Crippen LogP contribution in [-0.2, 0) is 9.47 Å². The summed E-state index contributed by atoms with van der Waals surface area (Å²) < 4.78 is 38.0. The Hall–Kier alpha value is -3.54. The third-order valence-electron chi connectivity index (χ3n) is 6.30. The Morgan fingerprint density at radius 3 is 2.50 bits per heavy atom. The summed E-state index contributed by atoms with van der Waals surface area (Å²) >= 11 is 1.30. The first-order valence-corrected chi connectivity index (χ1v) is 15.3. The van der Waals surface area contributed by atoms with E-state index < -0.39 is 18.4 Å². The number of methoxy groups -OCH3 is 1. The van der Waals surface area contributed by atoms with Crippen LogP contribution in [0.15, 0.2) is 35.4 Å². The van der Waals surface area contributed by atoms with Crippen LogP contribution in [0, 0.1) is 35.5 Å². The number of alkyl halides is 2. The molecule has 2 unspecified atom stereocenters. The molecular formula is C31H39F2N5O3S. The van der Waals surface area contributed by atoms with E-state index in [1.165, 1.54) is 37.3 Å². The lowest BCUT2D eigenvalue weighted by Gasteiger charge is -2.23. The number of hydrazone groups is 1. The lowest BCUT2D eigenvalue weighted by atomic mass is 9.94. The van der Waals surface area contributed by atoms with Crippen LogP contribution in [0.25, 0.3) is 5.57 Å². The van der Waals surface area contributed by atoms with Gasteiger partial charge in [-0.2, -0.15) is 5.10 Å². The molecule has 1 aliphatic carbocycles. The van der Waals surface area contributed by atoms with E-state index in [2.05, 4.69) is 49.8 Å². The van der Waals surface area contributed by atoms with Gasteiger partial charge in [0.15, 0.2) is 10.5 Å². The molecule has 3 N–H and O–H groups in total. The minimum atomic E-state index is -2.66. The third-order valence-corrected chi connectivity index (χ3v) is 7.18. The van der Waals surface area contributed by atoms with Crippen molar-refractivity contribution in [2.45, 2.75) is 71.2 Å². The number of amides is 1. The van der Waals surface area contributed by atoms with Crippen molar-refractivity contribution in [3.8, 4) is 23.7 Å². The van der Waals surface area contributed by atoms with E-state index in [0.29, 0.717) is 46.9 Å². The second kappa shape index (κ2) is 16.8. The summed E-state index contributed by atoms with van der Waals surface area (Å²) in [6, 6.07) is 0.397. The third kappa shape index (κ3) is 9.23. The summed E-state index contributed by atoms with van der Waals surface area (Å²) in [5.41, 5.74) is 4.25. The smallest absolute Gasteiger partial charge is 0.261 e. The minimum absolute atomic E-state index is 0.182. The number of aromatic nitrogens is 1. The van der Waals surface area contributed by atoms with Crippen molar-refractivity contribution in [2.24, 2.45) is 16.9 Å². The number of pyridine rings is 1. The van der Waals surface area contributed by atoms with E-state index in [1.54, 1.807) is 6.07 Å². The highest BCUT2D eigenvalue weighted by atomic mass is 32.2. The van der Waals surface area contributed by atoms with Crippen molar-refractivity contribution in [3.63, 3.8) is 0 Å². The number of nitrogens with zero attached hydrogens (tertiary/aromatic N) is 2. The maximum Gasteiger partial charge on any atom is 0.261 e. The van der Waals surface area contributed by atoms with Gasteiger partial charge in [-0.3, -0.25) is 15.5 Å². The first kappa shape index (κ1) is 33.0. The van der Waals surface area contributed by atoms with Crippen LogP contribution >= 0.6 is 11.8 Å². The summed E-state index contributed by atoms with van der Waals surface area (Å²) in [7, 11) is 1.44. The molecule has 226 valence electrons. The molecule has 42 heavy (non-hydrogen) atoms. The molecule has 1 saturated carbocycles. The van der Waals surface area contributed by atoms with Crippen molar-refractivity contribution in [3.05, 3.63) is 47.1 Å². The number of nitrogens with one attached hydrogen (secondary N) is 3. The van der Waals surface area contributed by atoms with Gasteiger partial charge in [0.2, 0.25) is 0 Å². The highest BCUT2D eigenvalue weighted by molar-refractivity contribution is 8.14. The number of carbonyl (C=O) groups is 1. The van der Waals surface area contributed by atoms with E-state index >= 15 is 0 Å². The molecule has 1 aromatic rings. The molecule has 0 aromatic carbocycles. The topological polar surface area (TPSA) is 96.9 Å². The molecular weight excluding hydrogens is 560 g/mol. The van der Waals surface area contributed by atoms with Crippen LogP contribution in [0.5, 0.6) is 0 Å². The Labute approximate surface area is 251 Å². The van der Waals surface area contributed by atoms with Gasteiger partial charge in [-0.25, -0.2) is 13.8 Å². The lowest BCUT2D eigenvalue weighted by molar-refractivity contribution is 0.0807. The number of dihydropyridines is 1. The molecule has 0 radical (unpaired) electrons. The zero-order valence-corrected chi connectivity index (χ0v) is 25.5. The number of rotatable bonds is 4. The molecule has 1 amide bonds. The largest absolute Gasteiger partial charge is 0.495 e. The summed E-state index contributed by atoms with van der Waals surface area (Å²) in [5, 5.41) is 9.70. The molecule has 0 spiro atoms. The van der Waals surface area contributed by atoms with E-state index in [-0.39, 0.29) is 16.9 Å². The van der Waals surface area contributed by atoms with Gasteiger partial charge in [-0.1, -0.05) is 45.5 Å². The van der Waals surface area contributed by atoms with Crippen LogP contribution in [0.2, 0.25) is 0 Å². The molecule has 4 heterocycles. The van der Waals surface area contributed by atoms with Crippen molar-refractivity contribution >= 4 is 28.4 Å². The quantitative estimate of drug-likeness (QED) is 0.415. The van der Waals surface area contributed by atoms with Gasteiger partial charge in [-0.05, 0) is 55.5 Å². The maximum atomic E-state index is 13.6. The zero-order valence-electron chi connectivity index (χ0n) is 24.7. The van der Waals surface area contributed by atoms with Crippen molar-refractivity contribution in [1.82, 2.24) is 21.0 Å². The number of carbonyl (C=O) groups excluding carboxylic acids is 1. The fourth-order valence-corrected chi connectivity index (χ4v) is 4.74. The average Bonchev–Trinajstić information content (AvgIpc) is 3.77. The first-order valence-electron chi connectivity index (χ1n) is 14.4. The number of hydrogen-bond acceptors (Lipinski definition) is 8. The molecule has 2 atom stereocenters. The monoisotopic (exact) mass is 599 g/mol. The van der Waals surface area contributed by atoms with Gasteiger partial charge in [0.05, 0.1) is 12.7 Å². The van der Waals surface area contributed by atoms with Crippen LogP contribution in [0.3, 0.4) is 0 Å². The van der Waals surface area contributed by atoms with Gasteiger partial charge in [0.25, 0.3) is 12.3 Å². The van der Waals surface area contributed by atoms with Gasteiger partial charge in [-0.15, -0.1) is 0 Å². The number of allylic oxidation sites excluding steroid dienone is 1. The van der Waals surface area contributed by atoms with E-state index in [9.17, 15) is 13.6 Å². The molecule has 5 rings (SSSR count). The number of amidine groups is 1. The normalized spacial score (nSPS) is 21.0. The van der Waals surface area contributed by atoms with E-state index in [1.807, 2.05) is 27.7 Å². The van der Waals surface area contributed by atoms with E-state index in [0.717, 1.165) is 25.7 Å². The predicted octanol–water partition coefficient (Wildman–Crippen LogP) is 5.10. The molecule has 11 heteroatoms. The zero-order chi connectivity index (χ0) is 30.5. The first-order chi connectivity index (χ1) is 20.5. The number of thioether (sulfide) groups is 1. The van der Waals surface area contributed by atoms with E-state index in [4.69, 9.17) is 9.47 Å². The van der Waals surface area contributed by atoms with Crippen molar-refractivity contribution in [1.29, 1.82) is 0 Å². The average molecular weight is 600 g/mol. The fraction of sp³-hybridized carbons (Fsp3) is 0.516. The summed E-state index contributed by atoms with van der Waals surface area (Å²) in [5.74, 6) is 13.1. The predicted molar refractivity (Wildman–Crippen MR) is 163 cm³/mol. The molecule has 1 aromatic heterocycles. The van der Waals surface area contributed by atoms with Gasteiger partial charge < -0.3 is 14.8 Å². The van der Waals surface area contributed by atoms with Crippen LogP contribution < -0.4 is 16.1 Å². The van der Waals surface area contributed by atoms with Crippen molar-refractivity contribution in [2.75, 3.05) is 20.3 Å². The number of ether oxygens (including phenoxy) is 2. The Kier molecular flexibility index (Phi) is 13.2. The SMILES string of the molecule is CC.CC.COC1=CNC(C(F)F)C=C1c1cc(C#CC2CCOCC2)ncc1C(=O)NC1=NNC(C#CC2CC2)S1. The second-order valence-corrected chi connectivity index (χ2v) is 10.2. The Morgan fingerprint density at radius 2 is 1.83 bits per heavy atom. The van der Waals surface area contributed by atoms with Crippen LogP contribution in [0.1, 0.15) is 75.0 Å². The number of halogens is 2. The Morgan fingerprint density at radius 1 is 1.12 bits per heavy atom. The molecule has 8 nitrogen and oxygen atoms in total. The molecule has 3 aliphatic heterocycles. The van der Waals surface area contributed by atoms with Gasteiger partial charge in [0.1, 0.15) is 17.5 Å². The van der Waals surface area contributed by atoms with Crippen LogP contribution in [0.4, 0.5) is 8.78 Å². The van der Waals surface area contributed by atoms with Crippen molar-refractivity contribution < 1.29 is 23.0 Å².